The maximum Gasteiger partial charge on any atom is 0.251 e. The summed E-state index contributed by atoms with van der Waals surface area (Å²) in [7, 11) is 0. The quantitative estimate of drug-likeness (QED) is 0.876. The fourth-order valence-electron chi connectivity index (χ4n) is 2.71. The summed E-state index contributed by atoms with van der Waals surface area (Å²) >= 11 is 0. The Morgan fingerprint density at radius 2 is 2.17 bits per heavy atom. The molecule has 8 heteroatoms. The van der Waals surface area contributed by atoms with Crippen LogP contribution in [0.25, 0.3) is 5.69 Å². The third-order valence-corrected chi connectivity index (χ3v) is 4.10. The second-order valence-corrected chi connectivity index (χ2v) is 6.07. The van der Waals surface area contributed by atoms with Gasteiger partial charge >= 0.3 is 0 Å². The maximum atomic E-state index is 12.2. The Hall–Kier alpha value is -1.99. The highest BCUT2D eigenvalue weighted by molar-refractivity contribution is 5.94. The Morgan fingerprint density at radius 3 is 2.78 bits per heavy atom. The number of amides is 1. The molecule has 0 radical (unpaired) electrons. The molecule has 1 aromatic heterocycles. The van der Waals surface area contributed by atoms with E-state index >= 15 is 0 Å². The summed E-state index contributed by atoms with van der Waals surface area (Å²) in [5.41, 5.74) is 1.61. The molecule has 1 atom stereocenters. The summed E-state index contributed by atoms with van der Waals surface area (Å²) in [6.45, 7) is 4.92. The van der Waals surface area contributed by atoms with Gasteiger partial charge in [-0.05, 0) is 59.5 Å². The molecule has 3 rings (SSSR count). The summed E-state index contributed by atoms with van der Waals surface area (Å²) in [6, 6.07) is 7.23. The van der Waals surface area contributed by atoms with Crippen molar-refractivity contribution in [2.24, 2.45) is 5.41 Å². The van der Waals surface area contributed by atoms with Crippen LogP contribution in [0.5, 0.6) is 0 Å². The van der Waals surface area contributed by atoms with Crippen LogP contribution in [0.1, 0.15) is 30.1 Å². The Morgan fingerprint density at radius 1 is 1.39 bits per heavy atom. The molecule has 1 aliphatic rings. The minimum Gasteiger partial charge on any atom is -0.351 e. The number of aromatic nitrogens is 4. The Bertz CT molecular complexity index is 622. The van der Waals surface area contributed by atoms with Gasteiger partial charge in [0.1, 0.15) is 6.33 Å². The molecule has 1 unspecified atom stereocenters. The molecular formula is C15H21ClN6O. The van der Waals surface area contributed by atoms with E-state index in [-0.39, 0.29) is 23.7 Å². The van der Waals surface area contributed by atoms with E-state index < -0.39 is 0 Å². The molecule has 23 heavy (non-hydrogen) atoms. The molecule has 0 saturated carbocycles. The second kappa shape index (κ2) is 7.52. The number of hydrogen-bond donors (Lipinski definition) is 2. The molecule has 124 valence electrons. The minimum absolute atomic E-state index is 0. The van der Waals surface area contributed by atoms with Gasteiger partial charge in [-0.3, -0.25) is 4.79 Å². The van der Waals surface area contributed by atoms with Crippen molar-refractivity contribution >= 4 is 18.3 Å². The van der Waals surface area contributed by atoms with Gasteiger partial charge in [0.15, 0.2) is 0 Å². The summed E-state index contributed by atoms with van der Waals surface area (Å²) in [5, 5.41) is 17.4. The number of tetrazole rings is 1. The number of halogens is 1. The van der Waals surface area contributed by atoms with E-state index in [4.69, 9.17) is 0 Å². The number of rotatable bonds is 4. The highest BCUT2D eigenvalue weighted by Crippen LogP contribution is 2.24. The molecule has 0 bridgehead atoms. The summed E-state index contributed by atoms with van der Waals surface area (Å²) in [4.78, 5) is 12.2. The molecule has 1 amide bonds. The van der Waals surface area contributed by atoms with Gasteiger partial charge in [0.25, 0.3) is 5.91 Å². The maximum absolute atomic E-state index is 12.2. The molecule has 1 saturated heterocycles. The molecule has 2 heterocycles. The topological polar surface area (TPSA) is 84.7 Å². The van der Waals surface area contributed by atoms with E-state index in [2.05, 4.69) is 33.1 Å². The van der Waals surface area contributed by atoms with Crippen LogP contribution in [0.15, 0.2) is 30.6 Å². The van der Waals surface area contributed by atoms with Gasteiger partial charge in [0.2, 0.25) is 0 Å². The molecule has 0 spiro atoms. The van der Waals surface area contributed by atoms with Gasteiger partial charge in [-0.25, -0.2) is 4.68 Å². The SMILES string of the molecule is CC1(CNC(=O)c2ccc(-n3cnnn3)cc2)CCCNC1.Cl. The van der Waals surface area contributed by atoms with Crippen molar-refractivity contribution in [2.75, 3.05) is 19.6 Å². The molecular weight excluding hydrogens is 316 g/mol. The molecule has 0 aliphatic carbocycles. The van der Waals surface area contributed by atoms with E-state index in [9.17, 15) is 4.79 Å². The molecule has 1 fully saturated rings. The first kappa shape index (κ1) is 17.4. The van der Waals surface area contributed by atoms with Crippen molar-refractivity contribution in [3.8, 4) is 5.69 Å². The van der Waals surface area contributed by atoms with Crippen molar-refractivity contribution in [1.82, 2.24) is 30.8 Å². The number of benzene rings is 1. The zero-order valence-electron chi connectivity index (χ0n) is 13.0. The summed E-state index contributed by atoms with van der Waals surface area (Å²) < 4.78 is 1.55. The highest BCUT2D eigenvalue weighted by Gasteiger charge is 2.27. The first-order chi connectivity index (χ1) is 10.7. The van der Waals surface area contributed by atoms with Gasteiger partial charge < -0.3 is 10.6 Å². The second-order valence-electron chi connectivity index (χ2n) is 6.07. The predicted molar refractivity (Wildman–Crippen MR) is 88.9 cm³/mol. The minimum atomic E-state index is -0.0462. The molecule has 2 N–H and O–H groups in total. The van der Waals surface area contributed by atoms with Crippen LogP contribution >= 0.6 is 12.4 Å². The molecule has 1 aliphatic heterocycles. The van der Waals surface area contributed by atoms with Crippen LogP contribution in [-0.2, 0) is 0 Å². The van der Waals surface area contributed by atoms with Crippen LogP contribution in [-0.4, -0.2) is 45.7 Å². The number of nitrogens with zero attached hydrogens (tertiary/aromatic N) is 4. The van der Waals surface area contributed by atoms with E-state index in [0.29, 0.717) is 12.1 Å². The Kier molecular flexibility index (Phi) is 5.68. The largest absolute Gasteiger partial charge is 0.351 e. The standard InChI is InChI=1S/C15H20N6O.ClH/c1-15(7-2-8-16-9-15)10-17-14(22)12-3-5-13(6-4-12)21-11-18-19-20-21;/h3-6,11,16H,2,7-10H2,1H3,(H,17,22);1H. The van der Waals surface area contributed by atoms with Crippen LogP contribution in [0.2, 0.25) is 0 Å². The van der Waals surface area contributed by atoms with Crippen molar-refractivity contribution in [2.45, 2.75) is 19.8 Å². The number of nitrogens with one attached hydrogen (secondary N) is 2. The fourth-order valence-corrected chi connectivity index (χ4v) is 2.71. The number of carbonyl (C=O) groups is 1. The third kappa shape index (κ3) is 4.27. The third-order valence-electron chi connectivity index (χ3n) is 4.10. The average molecular weight is 337 g/mol. The van der Waals surface area contributed by atoms with Crippen LogP contribution in [0.3, 0.4) is 0 Å². The fraction of sp³-hybridized carbons (Fsp3) is 0.467. The summed E-state index contributed by atoms with van der Waals surface area (Å²) in [6.07, 6.45) is 3.82. The molecule has 7 nitrogen and oxygen atoms in total. The molecule has 1 aromatic carbocycles. The highest BCUT2D eigenvalue weighted by atomic mass is 35.5. The van der Waals surface area contributed by atoms with Gasteiger partial charge in [-0.2, -0.15) is 0 Å². The number of piperidine rings is 1. The van der Waals surface area contributed by atoms with Crippen molar-refractivity contribution in [1.29, 1.82) is 0 Å². The first-order valence-electron chi connectivity index (χ1n) is 7.49. The normalized spacial score (nSPS) is 20.6. The average Bonchev–Trinajstić information content (AvgIpc) is 3.08. The smallest absolute Gasteiger partial charge is 0.251 e. The van der Waals surface area contributed by atoms with Gasteiger partial charge in [0, 0.05) is 18.7 Å². The molecule has 2 aromatic rings. The van der Waals surface area contributed by atoms with E-state index in [1.165, 1.54) is 6.33 Å². The monoisotopic (exact) mass is 336 g/mol. The number of hydrogen-bond acceptors (Lipinski definition) is 5. The van der Waals surface area contributed by atoms with Crippen LogP contribution < -0.4 is 10.6 Å². The lowest BCUT2D eigenvalue weighted by atomic mass is 9.83. The van der Waals surface area contributed by atoms with Crippen LogP contribution in [0.4, 0.5) is 0 Å². The predicted octanol–water partition coefficient (Wildman–Crippen LogP) is 1.20. The van der Waals surface area contributed by atoms with Crippen LogP contribution in [0, 0.1) is 5.41 Å². The van der Waals surface area contributed by atoms with Gasteiger partial charge in [-0.1, -0.05) is 6.92 Å². The van der Waals surface area contributed by atoms with Crippen molar-refractivity contribution in [3.63, 3.8) is 0 Å². The van der Waals surface area contributed by atoms with E-state index in [1.54, 1.807) is 16.8 Å². The number of carbonyl (C=O) groups excluding carboxylic acids is 1. The lowest BCUT2D eigenvalue weighted by Crippen LogP contribution is -2.45. The van der Waals surface area contributed by atoms with E-state index in [0.717, 1.165) is 31.6 Å². The first-order valence-corrected chi connectivity index (χ1v) is 7.49. The van der Waals surface area contributed by atoms with Crippen molar-refractivity contribution < 1.29 is 4.79 Å². The zero-order chi connectivity index (χ0) is 15.4. The Balaban J connectivity index is 0.00000192. The van der Waals surface area contributed by atoms with Crippen molar-refractivity contribution in [3.05, 3.63) is 36.2 Å². The summed E-state index contributed by atoms with van der Waals surface area (Å²) in [5.74, 6) is -0.0462. The van der Waals surface area contributed by atoms with Gasteiger partial charge in [0.05, 0.1) is 5.69 Å². The Labute approximate surface area is 141 Å². The lowest BCUT2D eigenvalue weighted by molar-refractivity contribution is 0.0924. The van der Waals surface area contributed by atoms with Gasteiger partial charge in [-0.15, -0.1) is 17.5 Å². The van der Waals surface area contributed by atoms with E-state index in [1.807, 2.05) is 12.1 Å². The zero-order valence-corrected chi connectivity index (χ0v) is 13.8. The lowest BCUT2D eigenvalue weighted by Gasteiger charge is -2.34.